The molecule has 6 heteroatoms. The van der Waals surface area contributed by atoms with Crippen LogP contribution in [0.1, 0.15) is 17.0 Å². The number of aryl methyl sites for hydroxylation is 2. The van der Waals surface area contributed by atoms with E-state index in [9.17, 15) is 4.39 Å². The summed E-state index contributed by atoms with van der Waals surface area (Å²) in [4.78, 5) is 4.73. The van der Waals surface area contributed by atoms with Crippen molar-refractivity contribution in [1.82, 2.24) is 14.6 Å². The minimum absolute atomic E-state index is 0.241. The van der Waals surface area contributed by atoms with Gasteiger partial charge in [0.15, 0.2) is 5.65 Å². The lowest BCUT2D eigenvalue weighted by Gasteiger charge is -2.11. The molecule has 142 valence electrons. The minimum atomic E-state index is -0.241. The van der Waals surface area contributed by atoms with Crippen LogP contribution in [0.2, 0.25) is 0 Å². The number of benzene rings is 2. The molecule has 2 heterocycles. The summed E-state index contributed by atoms with van der Waals surface area (Å²) in [6, 6.07) is 16.3. The highest BCUT2D eigenvalue weighted by Gasteiger charge is 2.18. The van der Waals surface area contributed by atoms with Crippen LogP contribution in [0.15, 0.2) is 54.6 Å². The third-order valence-electron chi connectivity index (χ3n) is 4.66. The average molecular weight is 376 g/mol. The summed E-state index contributed by atoms with van der Waals surface area (Å²) < 4.78 is 20.5. The van der Waals surface area contributed by atoms with Gasteiger partial charge in [-0.15, -0.1) is 0 Å². The molecule has 4 rings (SSSR count). The van der Waals surface area contributed by atoms with Crippen LogP contribution in [-0.4, -0.2) is 21.7 Å². The number of aromatic nitrogens is 3. The first-order chi connectivity index (χ1) is 13.6. The Morgan fingerprint density at radius 1 is 1.07 bits per heavy atom. The second-order valence-electron chi connectivity index (χ2n) is 6.66. The molecule has 0 atom stereocenters. The van der Waals surface area contributed by atoms with E-state index in [0.29, 0.717) is 6.54 Å². The zero-order chi connectivity index (χ0) is 19.7. The van der Waals surface area contributed by atoms with Crippen molar-refractivity contribution < 1.29 is 9.13 Å². The monoisotopic (exact) mass is 376 g/mol. The molecule has 5 nitrogen and oxygen atoms in total. The fourth-order valence-electron chi connectivity index (χ4n) is 3.33. The normalized spacial score (nSPS) is 11.0. The quantitative estimate of drug-likeness (QED) is 0.545. The van der Waals surface area contributed by atoms with Crippen molar-refractivity contribution in [3.05, 3.63) is 77.4 Å². The number of hydrogen-bond donors (Lipinski definition) is 1. The Bertz CT molecular complexity index is 1140. The first kappa shape index (κ1) is 18.0. The largest absolute Gasteiger partial charge is 0.496 e. The Balaban J connectivity index is 1.78. The topological polar surface area (TPSA) is 51.5 Å². The number of rotatable bonds is 5. The van der Waals surface area contributed by atoms with E-state index in [-0.39, 0.29) is 5.82 Å². The van der Waals surface area contributed by atoms with Gasteiger partial charge in [0.2, 0.25) is 0 Å². The minimum Gasteiger partial charge on any atom is -0.496 e. The molecule has 0 saturated heterocycles. The maximum atomic E-state index is 13.1. The van der Waals surface area contributed by atoms with Gasteiger partial charge in [-0.2, -0.15) is 9.61 Å². The third-order valence-corrected chi connectivity index (χ3v) is 4.66. The van der Waals surface area contributed by atoms with Gasteiger partial charge in [-0.3, -0.25) is 0 Å². The lowest BCUT2D eigenvalue weighted by molar-refractivity contribution is 0.416. The zero-order valence-corrected chi connectivity index (χ0v) is 16.0. The molecule has 1 N–H and O–H groups in total. The zero-order valence-electron chi connectivity index (χ0n) is 16.0. The van der Waals surface area contributed by atoms with Crippen molar-refractivity contribution in [2.24, 2.45) is 0 Å². The van der Waals surface area contributed by atoms with Crippen molar-refractivity contribution in [3.63, 3.8) is 0 Å². The molecule has 0 aliphatic carbocycles. The fourth-order valence-corrected chi connectivity index (χ4v) is 3.33. The Morgan fingerprint density at radius 2 is 1.82 bits per heavy atom. The van der Waals surface area contributed by atoms with E-state index in [0.717, 1.165) is 45.3 Å². The van der Waals surface area contributed by atoms with Crippen LogP contribution in [0.4, 0.5) is 10.2 Å². The van der Waals surface area contributed by atoms with E-state index in [1.807, 2.05) is 48.7 Å². The van der Waals surface area contributed by atoms with Crippen molar-refractivity contribution in [2.75, 3.05) is 12.4 Å². The number of ether oxygens (including phenoxy) is 1. The molecular weight excluding hydrogens is 355 g/mol. The van der Waals surface area contributed by atoms with Crippen molar-refractivity contribution in [1.29, 1.82) is 0 Å². The number of nitrogens with zero attached hydrogens (tertiary/aromatic N) is 3. The van der Waals surface area contributed by atoms with Crippen LogP contribution in [0.25, 0.3) is 16.8 Å². The van der Waals surface area contributed by atoms with Crippen molar-refractivity contribution in [3.8, 4) is 16.9 Å². The highest BCUT2D eigenvalue weighted by molar-refractivity contribution is 5.84. The highest BCUT2D eigenvalue weighted by atomic mass is 19.1. The van der Waals surface area contributed by atoms with E-state index < -0.39 is 0 Å². The Labute approximate surface area is 162 Å². The molecule has 0 fully saturated rings. The summed E-state index contributed by atoms with van der Waals surface area (Å²) >= 11 is 0. The number of anilines is 1. The van der Waals surface area contributed by atoms with Crippen LogP contribution in [0.5, 0.6) is 5.75 Å². The standard InChI is InChI=1S/C22H21FN4O/c1-14-12-20(24-13-16-8-10-17(23)11-9-16)27-22(25-14)21(15(2)26-27)18-6-4-5-7-19(18)28-3/h4-12,24H,13H2,1-3H3. The lowest BCUT2D eigenvalue weighted by Crippen LogP contribution is -2.07. The summed E-state index contributed by atoms with van der Waals surface area (Å²) in [5.41, 5.74) is 5.41. The van der Waals surface area contributed by atoms with E-state index >= 15 is 0 Å². The SMILES string of the molecule is COc1ccccc1-c1c(C)nn2c(NCc3ccc(F)cc3)cc(C)nc12. The van der Waals surface area contributed by atoms with E-state index in [2.05, 4.69) is 5.32 Å². The average Bonchev–Trinajstić information content (AvgIpc) is 3.03. The summed E-state index contributed by atoms with van der Waals surface area (Å²) in [5.74, 6) is 1.37. The van der Waals surface area contributed by atoms with E-state index in [1.165, 1.54) is 12.1 Å². The second kappa shape index (κ2) is 7.31. The molecule has 0 amide bonds. The smallest absolute Gasteiger partial charge is 0.165 e. The van der Waals surface area contributed by atoms with E-state index in [1.54, 1.807) is 19.2 Å². The molecule has 0 radical (unpaired) electrons. The predicted octanol–water partition coefficient (Wildman–Crippen LogP) is 4.77. The van der Waals surface area contributed by atoms with Crippen molar-refractivity contribution in [2.45, 2.75) is 20.4 Å². The van der Waals surface area contributed by atoms with Crippen LogP contribution in [0, 0.1) is 19.7 Å². The van der Waals surface area contributed by atoms with Gasteiger partial charge >= 0.3 is 0 Å². The molecule has 0 saturated carbocycles. The number of para-hydroxylation sites is 1. The number of hydrogen-bond acceptors (Lipinski definition) is 4. The van der Waals surface area contributed by atoms with E-state index in [4.69, 9.17) is 14.8 Å². The van der Waals surface area contributed by atoms with Crippen molar-refractivity contribution >= 4 is 11.5 Å². The summed E-state index contributed by atoms with van der Waals surface area (Å²) in [5, 5.41) is 8.10. The van der Waals surface area contributed by atoms with Crippen LogP contribution >= 0.6 is 0 Å². The lowest BCUT2D eigenvalue weighted by atomic mass is 10.1. The Hall–Kier alpha value is -3.41. The molecule has 0 bridgehead atoms. The molecule has 0 aliphatic rings. The molecule has 2 aromatic carbocycles. The second-order valence-corrected chi connectivity index (χ2v) is 6.66. The molecule has 2 aromatic heterocycles. The first-order valence-corrected chi connectivity index (χ1v) is 9.05. The van der Waals surface area contributed by atoms with Gasteiger partial charge in [-0.25, -0.2) is 9.37 Å². The van der Waals surface area contributed by atoms with Gasteiger partial charge in [0, 0.05) is 23.9 Å². The van der Waals surface area contributed by atoms with Gasteiger partial charge in [0.25, 0.3) is 0 Å². The van der Waals surface area contributed by atoms with Gasteiger partial charge in [-0.1, -0.05) is 30.3 Å². The van der Waals surface area contributed by atoms with Crippen LogP contribution in [0.3, 0.4) is 0 Å². The predicted molar refractivity (Wildman–Crippen MR) is 108 cm³/mol. The summed E-state index contributed by atoms with van der Waals surface area (Å²) in [6.45, 7) is 4.48. The number of fused-ring (bicyclic) bond motifs is 1. The molecule has 28 heavy (non-hydrogen) atoms. The third kappa shape index (κ3) is 3.29. The van der Waals surface area contributed by atoms with Gasteiger partial charge in [0.05, 0.1) is 18.4 Å². The van der Waals surface area contributed by atoms with Gasteiger partial charge in [-0.05, 0) is 37.6 Å². The summed E-state index contributed by atoms with van der Waals surface area (Å²) in [7, 11) is 1.66. The highest BCUT2D eigenvalue weighted by Crippen LogP contribution is 2.35. The molecule has 0 unspecified atom stereocenters. The number of nitrogens with one attached hydrogen (secondary N) is 1. The Morgan fingerprint density at radius 3 is 2.57 bits per heavy atom. The maximum Gasteiger partial charge on any atom is 0.165 e. The van der Waals surface area contributed by atoms with Crippen LogP contribution in [-0.2, 0) is 6.54 Å². The Kier molecular flexibility index (Phi) is 4.69. The molecule has 0 spiro atoms. The number of methoxy groups -OCH3 is 1. The number of halogens is 1. The van der Waals surface area contributed by atoms with Gasteiger partial charge < -0.3 is 10.1 Å². The molecule has 4 aromatic rings. The molecule has 0 aliphatic heterocycles. The van der Waals surface area contributed by atoms with Crippen LogP contribution < -0.4 is 10.1 Å². The first-order valence-electron chi connectivity index (χ1n) is 9.05. The molecular formula is C22H21FN4O. The van der Waals surface area contributed by atoms with Gasteiger partial charge in [0.1, 0.15) is 17.4 Å². The summed E-state index contributed by atoms with van der Waals surface area (Å²) in [6.07, 6.45) is 0. The maximum absolute atomic E-state index is 13.1. The fraction of sp³-hybridized carbons (Fsp3) is 0.182.